The van der Waals surface area contributed by atoms with Crippen molar-refractivity contribution < 1.29 is 9.53 Å². The molecule has 0 aliphatic heterocycles. The molecule has 7 nitrogen and oxygen atoms in total. The summed E-state index contributed by atoms with van der Waals surface area (Å²) in [5, 5.41) is 15.5. The summed E-state index contributed by atoms with van der Waals surface area (Å²) < 4.78 is 7.45. The molecule has 7 heteroatoms. The van der Waals surface area contributed by atoms with Gasteiger partial charge in [-0.25, -0.2) is 4.68 Å². The first-order valence-electron chi connectivity index (χ1n) is 9.00. The molecule has 1 aromatic carbocycles. The van der Waals surface area contributed by atoms with Crippen LogP contribution in [0, 0.1) is 13.8 Å². The van der Waals surface area contributed by atoms with Crippen LogP contribution in [0.5, 0.6) is 11.6 Å². The second kappa shape index (κ2) is 8.44. The number of hydrogen-bond donors (Lipinski definition) is 1. The van der Waals surface area contributed by atoms with Crippen molar-refractivity contribution in [2.24, 2.45) is 0 Å². The number of benzene rings is 1. The predicted octanol–water partition coefficient (Wildman–Crippen LogP) is 4.20. The molecule has 0 atom stereocenters. The zero-order valence-electron chi connectivity index (χ0n) is 15.8. The number of unbranched alkanes of at least 4 members (excludes halogenated alkanes) is 1. The molecule has 0 aliphatic carbocycles. The maximum atomic E-state index is 11.8. The van der Waals surface area contributed by atoms with E-state index in [0.717, 1.165) is 29.9 Å². The van der Waals surface area contributed by atoms with E-state index in [1.807, 2.05) is 26.0 Å². The van der Waals surface area contributed by atoms with Crippen molar-refractivity contribution in [3.8, 4) is 17.4 Å². The van der Waals surface area contributed by atoms with Crippen LogP contribution < -0.4 is 10.1 Å². The van der Waals surface area contributed by atoms with Crippen LogP contribution in [0.3, 0.4) is 0 Å². The third-order valence-corrected chi connectivity index (χ3v) is 3.97. The highest BCUT2D eigenvalue weighted by atomic mass is 16.5. The molecule has 0 fully saturated rings. The number of aryl methyl sites for hydroxylation is 2. The summed E-state index contributed by atoms with van der Waals surface area (Å²) in [4.78, 5) is 11.8. The average molecular weight is 365 g/mol. The van der Waals surface area contributed by atoms with E-state index in [4.69, 9.17) is 4.74 Å². The fraction of sp³-hybridized carbons (Fsp3) is 0.300. The lowest BCUT2D eigenvalue weighted by atomic mass is 10.2. The molecule has 1 N–H and O–H groups in total. The van der Waals surface area contributed by atoms with Gasteiger partial charge in [-0.05, 0) is 56.7 Å². The van der Waals surface area contributed by atoms with Crippen molar-refractivity contribution in [2.75, 3.05) is 5.32 Å². The minimum atomic E-state index is 0.0242. The molecule has 0 spiro atoms. The van der Waals surface area contributed by atoms with E-state index < -0.39 is 0 Å². The number of rotatable bonds is 7. The number of carbonyl (C=O) groups is 1. The smallest absolute Gasteiger partial charge is 0.238 e. The Morgan fingerprint density at radius 1 is 1.11 bits per heavy atom. The Bertz CT molecular complexity index is 901. The largest absolute Gasteiger partial charge is 0.438 e. The lowest BCUT2D eigenvalue weighted by Gasteiger charge is -2.08. The van der Waals surface area contributed by atoms with Gasteiger partial charge in [0.15, 0.2) is 5.82 Å². The second-order valence-corrected chi connectivity index (χ2v) is 6.35. The lowest BCUT2D eigenvalue weighted by molar-refractivity contribution is -0.116. The summed E-state index contributed by atoms with van der Waals surface area (Å²) in [5.74, 6) is 1.67. The van der Waals surface area contributed by atoms with Crippen LogP contribution in [-0.2, 0) is 4.79 Å². The first kappa shape index (κ1) is 18.6. The van der Waals surface area contributed by atoms with Crippen LogP contribution in [0.1, 0.15) is 37.6 Å². The third kappa shape index (κ3) is 4.91. The zero-order valence-corrected chi connectivity index (χ0v) is 15.8. The Hall–Kier alpha value is -3.22. The van der Waals surface area contributed by atoms with Gasteiger partial charge in [-0.15, -0.1) is 10.2 Å². The van der Waals surface area contributed by atoms with Gasteiger partial charge < -0.3 is 10.1 Å². The maximum Gasteiger partial charge on any atom is 0.238 e. The number of ether oxygens (including phenoxy) is 1. The van der Waals surface area contributed by atoms with Crippen molar-refractivity contribution in [1.82, 2.24) is 20.0 Å². The summed E-state index contributed by atoms with van der Waals surface area (Å²) in [5.41, 5.74) is 2.66. The molecular weight excluding hydrogens is 342 g/mol. The normalized spacial score (nSPS) is 10.6. The Morgan fingerprint density at radius 2 is 1.89 bits per heavy atom. The molecule has 3 rings (SSSR count). The summed E-state index contributed by atoms with van der Waals surface area (Å²) in [6.45, 7) is 5.96. The van der Waals surface area contributed by atoms with Crippen LogP contribution in [0.4, 0.5) is 5.69 Å². The fourth-order valence-electron chi connectivity index (χ4n) is 2.63. The number of hydrogen-bond acceptors (Lipinski definition) is 5. The number of nitrogens with one attached hydrogen (secondary N) is 1. The van der Waals surface area contributed by atoms with E-state index in [-0.39, 0.29) is 5.91 Å². The van der Waals surface area contributed by atoms with E-state index in [9.17, 15) is 4.79 Å². The Morgan fingerprint density at radius 3 is 2.48 bits per heavy atom. The number of carbonyl (C=O) groups excluding carboxylic acids is 1. The Balaban J connectivity index is 1.62. The average Bonchev–Trinajstić information content (AvgIpc) is 3.00. The van der Waals surface area contributed by atoms with E-state index >= 15 is 0 Å². The number of nitrogens with zero attached hydrogens (tertiary/aromatic N) is 4. The van der Waals surface area contributed by atoms with Gasteiger partial charge in [0.1, 0.15) is 5.75 Å². The summed E-state index contributed by atoms with van der Waals surface area (Å²) in [6, 6.07) is 12.7. The molecule has 2 aromatic heterocycles. The monoisotopic (exact) mass is 365 g/mol. The van der Waals surface area contributed by atoms with Crippen molar-refractivity contribution in [1.29, 1.82) is 0 Å². The highest BCUT2D eigenvalue weighted by Gasteiger charge is 2.07. The van der Waals surface area contributed by atoms with Gasteiger partial charge in [-0.2, -0.15) is 5.10 Å². The maximum absolute atomic E-state index is 11.8. The molecule has 1 amide bonds. The highest BCUT2D eigenvalue weighted by molar-refractivity contribution is 5.90. The molecule has 3 aromatic rings. The van der Waals surface area contributed by atoms with Gasteiger partial charge in [-0.3, -0.25) is 4.79 Å². The van der Waals surface area contributed by atoms with Crippen LogP contribution >= 0.6 is 0 Å². The Labute approximate surface area is 158 Å². The topological polar surface area (TPSA) is 81.9 Å². The second-order valence-electron chi connectivity index (χ2n) is 6.35. The quantitative estimate of drug-likeness (QED) is 0.678. The predicted molar refractivity (Wildman–Crippen MR) is 103 cm³/mol. The van der Waals surface area contributed by atoms with Gasteiger partial charge in [0.25, 0.3) is 0 Å². The van der Waals surface area contributed by atoms with Crippen LogP contribution in [-0.4, -0.2) is 25.9 Å². The number of amides is 1. The molecule has 2 heterocycles. The first-order valence-corrected chi connectivity index (χ1v) is 9.00. The van der Waals surface area contributed by atoms with Gasteiger partial charge in [0.05, 0.1) is 5.69 Å². The van der Waals surface area contributed by atoms with Crippen molar-refractivity contribution in [3.63, 3.8) is 0 Å². The summed E-state index contributed by atoms with van der Waals surface area (Å²) in [6.07, 6.45) is 2.42. The van der Waals surface area contributed by atoms with Gasteiger partial charge in [0, 0.05) is 23.9 Å². The summed E-state index contributed by atoms with van der Waals surface area (Å²) >= 11 is 0. The minimum Gasteiger partial charge on any atom is -0.438 e. The van der Waals surface area contributed by atoms with Crippen molar-refractivity contribution in [2.45, 2.75) is 40.0 Å². The third-order valence-electron chi connectivity index (χ3n) is 3.97. The number of aromatic nitrogens is 4. The summed E-state index contributed by atoms with van der Waals surface area (Å²) in [7, 11) is 0. The molecule has 0 unspecified atom stereocenters. The highest BCUT2D eigenvalue weighted by Crippen LogP contribution is 2.22. The molecule has 0 saturated heterocycles. The van der Waals surface area contributed by atoms with E-state index in [1.165, 1.54) is 0 Å². The molecule has 27 heavy (non-hydrogen) atoms. The van der Waals surface area contributed by atoms with Gasteiger partial charge >= 0.3 is 0 Å². The van der Waals surface area contributed by atoms with Crippen molar-refractivity contribution in [3.05, 3.63) is 53.9 Å². The SMILES string of the molecule is CCCCC(=O)Nc1ccc(Oc2ccc(-n3nc(C)cc3C)nn2)cc1. The fourth-order valence-corrected chi connectivity index (χ4v) is 2.63. The minimum absolute atomic E-state index is 0.0242. The van der Waals surface area contributed by atoms with E-state index in [0.29, 0.717) is 23.9 Å². The van der Waals surface area contributed by atoms with Crippen LogP contribution in [0.15, 0.2) is 42.5 Å². The molecule has 140 valence electrons. The molecular formula is C20H23N5O2. The van der Waals surface area contributed by atoms with E-state index in [2.05, 4.69) is 27.5 Å². The lowest BCUT2D eigenvalue weighted by Crippen LogP contribution is -2.10. The van der Waals surface area contributed by atoms with Gasteiger partial charge in [-0.1, -0.05) is 13.3 Å². The first-order chi connectivity index (χ1) is 13.0. The Kier molecular flexibility index (Phi) is 5.80. The standard InChI is InChI=1S/C20H23N5O2/c1-4-5-6-19(26)21-16-7-9-17(10-8-16)27-20-12-11-18(22-23-20)25-15(3)13-14(2)24-25/h7-13H,4-6H2,1-3H3,(H,21,26). The van der Waals surface area contributed by atoms with Gasteiger partial charge in [0.2, 0.25) is 11.8 Å². The van der Waals surface area contributed by atoms with Crippen LogP contribution in [0.2, 0.25) is 0 Å². The molecule has 0 bridgehead atoms. The molecule has 0 radical (unpaired) electrons. The molecule has 0 saturated carbocycles. The zero-order chi connectivity index (χ0) is 19.2. The number of anilines is 1. The molecule has 0 aliphatic rings. The van der Waals surface area contributed by atoms with E-state index in [1.54, 1.807) is 35.0 Å². The van der Waals surface area contributed by atoms with Crippen molar-refractivity contribution >= 4 is 11.6 Å². The van der Waals surface area contributed by atoms with Crippen LogP contribution in [0.25, 0.3) is 5.82 Å².